The molecule has 0 spiro atoms. The van der Waals surface area contributed by atoms with Crippen LogP contribution >= 0.6 is 0 Å². The second-order valence-corrected chi connectivity index (χ2v) is 7.46. The smallest absolute Gasteiger partial charge is 0.410 e. The van der Waals surface area contributed by atoms with Crippen LogP contribution in [0.3, 0.4) is 0 Å². The van der Waals surface area contributed by atoms with Gasteiger partial charge in [0.1, 0.15) is 5.60 Å². The number of amides is 1. The van der Waals surface area contributed by atoms with E-state index in [1.54, 1.807) is 0 Å². The molecule has 0 aliphatic carbocycles. The Hall–Kier alpha value is -0.810. The summed E-state index contributed by atoms with van der Waals surface area (Å²) in [6.45, 7) is 9.82. The zero-order valence-electron chi connectivity index (χ0n) is 14.0. The fourth-order valence-corrected chi connectivity index (χ4v) is 3.12. The minimum Gasteiger partial charge on any atom is -0.444 e. The molecule has 5 nitrogen and oxygen atoms in total. The van der Waals surface area contributed by atoms with Crippen LogP contribution in [0, 0.1) is 0 Å². The van der Waals surface area contributed by atoms with Crippen molar-refractivity contribution >= 4 is 6.09 Å². The molecule has 5 heteroatoms. The zero-order chi connectivity index (χ0) is 15.5. The van der Waals surface area contributed by atoms with Gasteiger partial charge in [0, 0.05) is 25.2 Å². The highest BCUT2D eigenvalue weighted by molar-refractivity contribution is 5.69. The van der Waals surface area contributed by atoms with Crippen molar-refractivity contribution in [2.24, 2.45) is 0 Å². The molecular formula is C16H31N3O2. The summed E-state index contributed by atoms with van der Waals surface area (Å²) < 4.78 is 5.51. The second-order valence-electron chi connectivity index (χ2n) is 7.46. The average molecular weight is 297 g/mol. The number of ether oxygens (including phenoxy) is 1. The molecule has 0 aromatic carbocycles. The summed E-state index contributed by atoms with van der Waals surface area (Å²) in [7, 11) is 2.18. The van der Waals surface area contributed by atoms with E-state index >= 15 is 0 Å². The van der Waals surface area contributed by atoms with E-state index in [4.69, 9.17) is 4.74 Å². The number of hydrogen-bond acceptors (Lipinski definition) is 4. The van der Waals surface area contributed by atoms with E-state index in [0.717, 1.165) is 39.0 Å². The van der Waals surface area contributed by atoms with Gasteiger partial charge in [-0.3, -0.25) is 0 Å². The highest BCUT2D eigenvalue weighted by Crippen LogP contribution is 2.21. The third kappa shape index (κ3) is 5.15. The third-order valence-electron chi connectivity index (χ3n) is 4.37. The molecule has 1 N–H and O–H groups in total. The van der Waals surface area contributed by atoms with Gasteiger partial charge in [0.15, 0.2) is 0 Å². The summed E-state index contributed by atoms with van der Waals surface area (Å²) in [5.41, 5.74) is -0.411. The summed E-state index contributed by atoms with van der Waals surface area (Å²) in [4.78, 5) is 16.5. The van der Waals surface area contributed by atoms with E-state index in [1.165, 1.54) is 12.8 Å². The highest BCUT2D eigenvalue weighted by Gasteiger charge is 2.32. The molecule has 1 amide bonds. The Morgan fingerprint density at radius 3 is 2.48 bits per heavy atom. The lowest BCUT2D eigenvalue weighted by Crippen LogP contribution is -2.48. The normalized spacial score (nSPS) is 25.3. The molecule has 2 aliphatic rings. The average Bonchev–Trinajstić information content (AvgIpc) is 2.84. The predicted molar refractivity (Wildman–Crippen MR) is 84.5 cm³/mol. The van der Waals surface area contributed by atoms with Crippen molar-refractivity contribution in [3.63, 3.8) is 0 Å². The number of likely N-dealkylation sites (tertiary alicyclic amines) is 2. The van der Waals surface area contributed by atoms with Gasteiger partial charge in [-0.1, -0.05) is 0 Å². The van der Waals surface area contributed by atoms with Crippen molar-refractivity contribution in [3.8, 4) is 0 Å². The Kier molecular flexibility index (Phi) is 5.49. The first-order valence-electron chi connectivity index (χ1n) is 8.27. The van der Waals surface area contributed by atoms with Gasteiger partial charge in [0.05, 0.1) is 0 Å². The molecule has 0 aromatic heterocycles. The van der Waals surface area contributed by atoms with Crippen molar-refractivity contribution < 1.29 is 9.53 Å². The van der Waals surface area contributed by atoms with E-state index in [2.05, 4.69) is 17.3 Å². The van der Waals surface area contributed by atoms with Gasteiger partial charge in [-0.25, -0.2) is 4.79 Å². The lowest BCUT2D eigenvalue weighted by atomic mass is 10.1. The second kappa shape index (κ2) is 6.97. The van der Waals surface area contributed by atoms with Crippen LogP contribution < -0.4 is 5.32 Å². The van der Waals surface area contributed by atoms with Crippen molar-refractivity contribution in [2.45, 2.75) is 64.1 Å². The minimum atomic E-state index is -0.411. The summed E-state index contributed by atoms with van der Waals surface area (Å²) in [6, 6.07) is 0.891. The number of nitrogens with one attached hydrogen (secondary N) is 1. The maximum absolute atomic E-state index is 12.2. The molecule has 0 saturated carbocycles. The van der Waals surface area contributed by atoms with E-state index in [0.29, 0.717) is 12.1 Å². The largest absolute Gasteiger partial charge is 0.444 e. The van der Waals surface area contributed by atoms with Crippen LogP contribution in [0.2, 0.25) is 0 Å². The molecule has 21 heavy (non-hydrogen) atoms. The molecule has 2 rings (SSSR count). The Balaban J connectivity index is 1.78. The van der Waals surface area contributed by atoms with Gasteiger partial charge in [-0.05, 0) is 66.6 Å². The number of piperidine rings is 1. The Labute approximate surface area is 129 Å². The number of carbonyl (C=O) groups excluding carboxylic acids is 1. The first kappa shape index (κ1) is 16.6. The maximum atomic E-state index is 12.2. The van der Waals surface area contributed by atoms with Crippen LogP contribution in [-0.2, 0) is 4.74 Å². The van der Waals surface area contributed by atoms with Gasteiger partial charge >= 0.3 is 6.09 Å². The molecule has 2 aliphatic heterocycles. The number of nitrogens with zero attached hydrogens (tertiary/aromatic N) is 2. The summed E-state index contributed by atoms with van der Waals surface area (Å²) in [6.07, 6.45) is 4.42. The molecule has 1 atom stereocenters. The summed E-state index contributed by atoms with van der Waals surface area (Å²) in [5.74, 6) is 0. The monoisotopic (exact) mass is 297 g/mol. The Morgan fingerprint density at radius 2 is 1.86 bits per heavy atom. The Bertz CT molecular complexity index is 346. The van der Waals surface area contributed by atoms with Crippen molar-refractivity contribution in [2.75, 3.05) is 33.2 Å². The summed E-state index contributed by atoms with van der Waals surface area (Å²) >= 11 is 0. The van der Waals surface area contributed by atoms with E-state index < -0.39 is 5.60 Å². The van der Waals surface area contributed by atoms with E-state index in [9.17, 15) is 4.79 Å². The molecule has 0 aromatic rings. The minimum absolute atomic E-state index is 0.157. The molecule has 0 bridgehead atoms. The van der Waals surface area contributed by atoms with Crippen LogP contribution in [0.1, 0.15) is 46.5 Å². The van der Waals surface area contributed by atoms with Gasteiger partial charge in [-0.15, -0.1) is 0 Å². The van der Waals surface area contributed by atoms with Crippen LogP contribution in [-0.4, -0.2) is 66.8 Å². The van der Waals surface area contributed by atoms with Gasteiger partial charge in [0.25, 0.3) is 0 Å². The van der Waals surface area contributed by atoms with Crippen LogP contribution in [0.25, 0.3) is 0 Å². The molecule has 2 fully saturated rings. The zero-order valence-corrected chi connectivity index (χ0v) is 14.0. The van der Waals surface area contributed by atoms with Crippen molar-refractivity contribution in [3.05, 3.63) is 0 Å². The van der Waals surface area contributed by atoms with Crippen molar-refractivity contribution in [1.29, 1.82) is 0 Å². The molecule has 2 heterocycles. The quantitative estimate of drug-likeness (QED) is 0.866. The highest BCUT2D eigenvalue weighted by atomic mass is 16.6. The molecule has 0 radical (unpaired) electrons. The molecule has 1 unspecified atom stereocenters. The number of carbonyl (C=O) groups is 1. The van der Waals surface area contributed by atoms with E-state index in [1.807, 2.05) is 25.7 Å². The topological polar surface area (TPSA) is 44.8 Å². The maximum Gasteiger partial charge on any atom is 0.410 e. The fourth-order valence-electron chi connectivity index (χ4n) is 3.12. The van der Waals surface area contributed by atoms with E-state index in [-0.39, 0.29) is 6.09 Å². The lowest BCUT2D eigenvalue weighted by molar-refractivity contribution is 0.0223. The van der Waals surface area contributed by atoms with Crippen LogP contribution in [0.15, 0.2) is 0 Å². The SMILES string of the molecule is CN1CCC(NCC2CCCN2C(=O)OC(C)(C)C)CC1. The molecule has 122 valence electrons. The first-order valence-corrected chi connectivity index (χ1v) is 8.27. The molecule has 2 saturated heterocycles. The van der Waals surface area contributed by atoms with Crippen LogP contribution in [0.4, 0.5) is 4.79 Å². The Morgan fingerprint density at radius 1 is 1.19 bits per heavy atom. The van der Waals surface area contributed by atoms with Gasteiger partial charge in [0.2, 0.25) is 0 Å². The number of hydrogen-bond donors (Lipinski definition) is 1. The van der Waals surface area contributed by atoms with Crippen LogP contribution in [0.5, 0.6) is 0 Å². The predicted octanol–water partition coefficient (Wildman–Crippen LogP) is 2.07. The molecular weight excluding hydrogens is 266 g/mol. The third-order valence-corrected chi connectivity index (χ3v) is 4.37. The van der Waals surface area contributed by atoms with Gasteiger partial charge < -0.3 is 19.9 Å². The van der Waals surface area contributed by atoms with Crippen molar-refractivity contribution in [1.82, 2.24) is 15.1 Å². The standard InChI is InChI=1S/C16H31N3O2/c1-16(2,3)21-15(20)19-9-5-6-14(19)12-17-13-7-10-18(4)11-8-13/h13-14,17H,5-12H2,1-4H3. The lowest BCUT2D eigenvalue weighted by Gasteiger charge is -2.32. The first-order chi connectivity index (χ1) is 9.85. The number of rotatable bonds is 3. The summed E-state index contributed by atoms with van der Waals surface area (Å²) in [5, 5.41) is 3.66. The fraction of sp³-hybridized carbons (Fsp3) is 0.938. The van der Waals surface area contributed by atoms with Gasteiger partial charge in [-0.2, -0.15) is 0 Å².